The van der Waals surface area contributed by atoms with Crippen molar-refractivity contribution in [2.24, 2.45) is 0 Å². The summed E-state index contributed by atoms with van der Waals surface area (Å²) in [4.78, 5) is 7.49. The van der Waals surface area contributed by atoms with Gasteiger partial charge < -0.3 is 14.7 Å². The average Bonchev–Trinajstić information content (AvgIpc) is 3.23. The van der Waals surface area contributed by atoms with Crippen LogP contribution in [0.5, 0.6) is 5.75 Å². The third-order valence-corrected chi connectivity index (χ3v) is 7.77. The fourth-order valence-corrected chi connectivity index (χ4v) is 5.89. The van der Waals surface area contributed by atoms with Crippen molar-refractivity contribution >= 4 is 16.6 Å². The minimum Gasteiger partial charge on any atom is -0.497 e. The number of rotatable bonds is 6. The molecule has 2 aliphatic heterocycles. The Morgan fingerprint density at radius 3 is 2.64 bits per heavy atom. The van der Waals surface area contributed by atoms with Gasteiger partial charge in [0.05, 0.1) is 13.7 Å². The van der Waals surface area contributed by atoms with E-state index in [1.54, 1.807) is 7.11 Å². The molecule has 0 aliphatic carbocycles. The van der Waals surface area contributed by atoms with Crippen LogP contribution in [0.3, 0.4) is 0 Å². The number of aliphatic hydroxyl groups is 1. The first kappa shape index (κ1) is 19.1. The Morgan fingerprint density at radius 2 is 1.86 bits per heavy atom. The maximum absolute atomic E-state index is 9.67. The number of thiol groups is 1. The Hall–Kier alpha value is -2.21. The van der Waals surface area contributed by atoms with E-state index in [1.165, 1.54) is 16.1 Å². The predicted molar refractivity (Wildman–Crippen MR) is 118 cm³/mol. The highest BCUT2D eigenvalue weighted by Gasteiger charge is 2.21. The third-order valence-electron chi connectivity index (χ3n) is 5.43. The second-order valence-electron chi connectivity index (χ2n) is 7.12. The standard InChI is InChI=1S/C23H28N2O2S/c1-27-21-8-4-7-20(16-21)25-13-11-24(12-14-25)17-19-6-2-3-10-23(19)28-15-5-9-22(28)18-26/h2-10,15-16,26,28H,11-14,17-18H2,1H3. The molecule has 1 fully saturated rings. The van der Waals surface area contributed by atoms with Gasteiger partial charge in [-0.25, -0.2) is 0 Å². The van der Waals surface area contributed by atoms with Crippen molar-refractivity contribution in [3.63, 3.8) is 0 Å². The van der Waals surface area contributed by atoms with Gasteiger partial charge in [-0.2, -0.15) is 10.9 Å². The van der Waals surface area contributed by atoms with E-state index in [-0.39, 0.29) is 6.61 Å². The molecule has 0 bridgehead atoms. The Labute approximate surface area is 170 Å². The lowest BCUT2D eigenvalue weighted by molar-refractivity contribution is 0.248. The number of anilines is 1. The molecule has 5 heteroatoms. The lowest BCUT2D eigenvalue weighted by atomic mass is 10.2. The number of piperazine rings is 1. The summed E-state index contributed by atoms with van der Waals surface area (Å²) in [7, 11) is 1.19. The van der Waals surface area contributed by atoms with E-state index in [2.05, 4.69) is 69.8 Å². The van der Waals surface area contributed by atoms with Gasteiger partial charge in [0.25, 0.3) is 0 Å². The maximum atomic E-state index is 9.67. The molecule has 4 rings (SSSR count). The van der Waals surface area contributed by atoms with Crippen LogP contribution in [0, 0.1) is 0 Å². The van der Waals surface area contributed by atoms with E-state index in [9.17, 15) is 5.11 Å². The summed E-state index contributed by atoms with van der Waals surface area (Å²) in [5.41, 5.74) is 2.62. The molecular weight excluding hydrogens is 368 g/mol. The van der Waals surface area contributed by atoms with E-state index in [0.717, 1.165) is 43.4 Å². The third kappa shape index (κ3) is 4.12. The molecule has 1 atom stereocenters. The summed E-state index contributed by atoms with van der Waals surface area (Å²) in [5.74, 6) is 0.911. The SMILES string of the molecule is COc1cccc(N2CCN(Cc3ccccc3[SH]3C=CC=C3CO)CC2)c1. The first-order chi connectivity index (χ1) is 13.8. The number of hydrogen-bond acceptors (Lipinski definition) is 4. The number of aliphatic hydroxyl groups excluding tert-OH is 1. The molecule has 2 heterocycles. The largest absolute Gasteiger partial charge is 0.497 e. The second kappa shape index (κ2) is 8.86. The normalized spacial score (nSPS) is 21.0. The summed E-state index contributed by atoms with van der Waals surface area (Å²) < 4.78 is 5.36. The van der Waals surface area contributed by atoms with Crippen molar-refractivity contribution in [3.05, 3.63) is 76.6 Å². The molecule has 0 spiro atoms. The molecule has 1 saturated heterocycles. The minimum atomic E-state index is -0.522. The number of nitrogens with zero attached hydrogens (tertiary/aromatic N) is 2. The smallest absolute Gasteiger partial charge is 0.120 e. The number of ether oxygens (including phenoxy) is 1. The number of benzene rings is 2. The van der Waals surface area contributed by atoms with E-state index in [4.69, 9.17) is 4.74 Å². The van der Waals surface area contributed by atoms with Gasteiger partial charge in [-0.1, -0.05) is 36.4 Å². The second-order valence-corrected chi connectivity index (χ2v) is 9.22. The molecule has 1 N–H and O–H groups in total. The van der Waals surface area contributed by atoms with Gasteiger partial charge in [0.15, 0.2) is 0 Å². The Kier molecular flexibility index (Phi) is 6.05. The van der Waals surface area contributed by atoms with Gasteiger partial charge in [0.1, 0.15) is 5.75 Å². The summed E-state index contributed by atoms with van der Waals surface area (Å²) in [6.45, 7) is 5.24. The molecule has 2 aromatic carbocycles. The van der Waals surface area contributed by atoms with Crippen LogP contribution in [0.4, 0.5) is 5.69 Å². The summed E-state index contributed by atoms with van der Waals surface area (Å²) in [6, 6.07) is 17.0. The number of methoxy groups -OCH3 is 1. The zero-order valence-corrected chi connectivity index (χ0v) is 17.2. The zero-order chi connectivity index (χ0) is 19.3. The van der Waals surface area contributed by atoms with Gasteiger partial charge in [0.2, 0.25) is 0 Å². The fourth-order valence-electron chi connectivity index (χ4n) is 3.87. The molecule has 2 aliphatic rings. The molecule has 28 heavy (non-hydrogen) atoms. The van der Waals surface area contributed by atoms with E-state index in [0.29, 0.717) is 0 Å². The molecule has 148 valence electrons. The monoisotopic (exact) mass is 396 g/mol. The molecule has 2 aromatic rings. The number of hydrogen-bond donors (Lipinski definition) is 2. The van der Waals surface area contributed by atoms with Crippen LogP contribution < -0.4 is 9.64 Å². The van der Waals surface area contributed by atoms with Crippen LogP contribution in [0.1, 0.15) is 5.56 Å². The van der Waals surface area contributed by atoms with Crippen molar-refractivity contribution in [2.45, 2.75) is 11.4 Å². The molecule has 0 aromatic heterocycles. The average molecular weight is 397 g/mol. The minimum absolute atomic E-state index is 0.145. The van der Waals surface area contributed by atoms with Crippen LogP contribution in [0.15, 0.2) is 75.9 Å². The summed E-state index contributed by atoms with van der Waals surface area (Å²) in [6.07, 6.45) is 4.15. The molecule has 1 unspecified atom stereocenters. The molecule has 0 radical (unpaired) electrons. The van der Waals surface area contributed by atoms with Crippen LogP contribution >= 0.6 is 10.9 Å². The summed E-state index contributed by atoms with van der Waals surface area (Å²) in [5, 5.41) is 11.9. The lowest BCUT2D eigenvalue weighted by Gasteiger charge is -2.36. The van der Waals surface area contributed by atoms with E-state index < -0.39 is 10.9 Å². The van der Waals surface area contributed by atoms with E-state index in [1.807, 2.05) is 6.07 Å². The molecule has 0 saturated carbocycles. The zero-order valence-electron chi connectivity index (χ0n) is 16.3. The topological polar surface area (TPSA) is 35.9 Å². The highest BCUT2D eigenvalue weighted by atomic mass is 32.2. The summed E-state index contributed by atoms with van der Waals surface area (Å²) >= 11 is 0. The van der Waals surface area contributed by atoms with Crippen LogP contribution in [0.25, 0.3) is 0 Å². The first-order valence-corrected chi connectivity index (χ1v) is 11.2. The lowest BCUT2D eigenvalue weighted by Crippen LogP contribution is -2.46. The number of allylic oxidation sites excluding steroid dienone is 2. The molecule has 0 amide bonds. The Bertz CT molecular complexity index is 872. The van der Waals surface area contributed by atoms with Crippen molar-refractivity contribution < 1.29 is 9.84 Å². The first-order valence-electron chi connectivity index (χ1n) is 9.75. The van der Waals surface area contributed by atoms with Gasteiger partial charge >= 0.3 is 0 Å². The van der Waals surface area contributed by atoms with Crippen molar-refractivity contribution in [1.29, 1.82) is 0 Å². The Balaban J connectivity index is 1.42. The van der Waals surface area contributed by atoms with Crippen molar-refractivity contribution in [3.8, 4) is 5.75 Å². The quantitative estimate of drug-likeness (QED) is 0.729. The maximum Gasteiger partial charge on any atom is 0.120 e. The van der Waals surface area contributed by atoms with Crippen molar-refractivity contribution in [2.75, 3.05) is 44.8 Å². The molecular formula is C23H28N2O2S. The highest BCUT2D eigenvalue weighted by molar-refractivity contribution is 8.23. The predicted octanol–water partition coefficient (Wildman–Crippen LogP) is 3.78. The van der Waals surface area contributed by atoms with Crippen LogP contribution in [-0.4, -0.2) is 49.9 Å². The van der Waals surface area contributed by atoms with Crippen molar-refractivity contribution in [1.82, 2.24) is 4.90 Å². The Morgan fingerprint density at radius 1 is 1.04 bits per heavy atom. The van der Waals surface area contributed by atoms with Crippen LogP contribution in [0.2, 0.25) is 0 Å². The molecule has 4 nitrogen and oxygen atoms in total. The van der Waals surface area contributed by atoms with Crippen LogP contribution in [-0.2, 0) is 6.54 Å². The fraction of sp³-hybridized carbons (Fsp3) is 0.304. The van der Waals surface area contributed by atoms with E-state index >= 15 is 0 Å². The highest BCUT2D eigenvalue weighted by Crippen LogP contribution is 2.49. The van der Waals surface area contributed by atoms with Gasteiger partial charge in [-0.05, 0) is 39.0 Å². The van der Waals surface area contributed by atoms with Gasteiger partial charge in [0, 0.05) is 44.5 Å². The van der Waals surface area contributed by atoms with Gasteiger partial charge in [-0.3, -0.25) is 4.90 Å². The van der Waals surface area contributed by atoms with Gasteiger partial charge in [-0.15, -0.1) is 0 Å².